The second-order valence-corrected chi connectivity index (χ2v) is 2.76. The van der Waals surface area contributed by atoms with E-state index in [4.69, 9.17) is 0 Å². The molecule has 14 heavy (non-hydrogen) atoms. The van der Waals surface area contributed by atoms with E-state index in [2.05, 4.69) is 5.32 Å². The zero-order chi connectivity index (χ0) is 11.2. The molecule has 0 aromatic carbocycles. The van der Waals surface area contributed by atoms with Crippen LogP contribution in [0.4, 0.5) is 4.39 Å². The smallest absolute Gasteiger partial charge is 0.301 e. The first-order chi connectivity index (χ1) is 6.45. The Morgan fingerprint density at radius 1 is 1.36 bits per heavy atom. The Morgan fingerprint density at radius 2 is 1.86 bits per heavy atom. The summed E-state index contributed by atoms with van der Waals surface area (Å²) in [6.45, 7) is 1.29. The van der Waals surface area contributed by atoms with Crippen molar-refractivity contribution in [3.63, 3.8) is 0 Å². The van der Waals surface area contributed by atoms with Crippen molar-refractivity contribution in [1.29, 1.82) is 0 Å². The molecule has 0 heterocycles. The highest BCUT2D eigenvalue weighted by atomic mass is 19.2. The molecule has 1 N–H and O–H groups in total. The van der Waals surface area contributed by atoms with Crippen LogP contribution in [-0.2, 0) is 0 Å². The van der Waals surface area contributed by atoms with E-state index in [0.29, 0.717) is 13.0 Å². The van der Waals surface area contributed by atoms with E-state index in [1.165, 1.54) is 0 Å². The topological polar surface area (TPSA) is 98.3 Å². The van der Waals surface area contributed by atoms with E-state index in [0.717, 1.165) is 6.42 Å². The molecule has 0 aromatic rings. The van der Waals surface area contributed by atoms with Gasteiger partial charge in [0, 0.05) is 0 Å². The van der Waals surface area contributed by atoms with Gasteiger partial charge in [0.05, 0.1) is 0 Å². The lowest BCUT2D eigenvalue weighted by atomic mass is 10.3. The number of halogens is 1. The van der Waals surface area contributed by atoms with Gasteiger partial charge in [0.1, 0.15) is 9.85 Å². The van der Waals surface area contributed by atoms with Crippen LogP contribution in [0.1, 0.15) is 19.8 Å². The largest absolute Gasteiger partial charge is 0.626 e. The lowest BCUT2D eigenvalue weighted by molar-refractivity contribution is -0.828. The van der Waals surface area contributed by atoms with Crippen molar-refractivity contribution in [3.8, 4) is 0 Å². The van der Waals surface area contributed by atoms with Crippen molar-refractivity contribution < 1.29 is 14.2 Å². The van der Waals surface area contributed by atoms with E-state index in [-0.39, 0.29) is 0 Å². The van der Waals surface area contributed by atoms with E-state index in [9.17, 15) is 24.6 Å². The summed E-state index contributed by atoms with van der Waals surface area (Å²) in [6, 6.07) is 0. The monoisotopic (exact) mass is 209 g/mol. The molecule has 0 unspecified atom stereocenters. The van der Waals surface area contributed by atoms with Gasteiger partial charge in [-0.25, -0.2) is 0 Å². The molecule has 0 spiro atoms. The predicted molar refractivity (Wildman–Crippen MR) is 45.6 cm³/mol. The molecule has 7 nitrogen and oxygen atoms in total. The highest BCUT2D eigenvalue weighted by molar-refractivity contribution is 4.57. The van der Waals surface area contributed by atoms with Gasteiger partial charge in [0.15, 0.2) is 6.54 Å². The van der Waals surface area contributed by atoms with E-state index in [1.807, 2.05) is 6.92 Å². The van der Waals surface area contributed by atoms with Crippen LogP contribution in [0.3, 0.4) is 0 Å². The summed E-state index contributed by atoms with van der Waals surface area (Å²) in [4.78, 5) is 17.1. The lowest BCUT2D eigenvalue weighted by Crippen LogP contribution is -2.50. The van der Waals surface area contributed by atoms with Gasteiger partial charge in [-0.15, -0.1) is 0 Å². The van der Waals surface area contributed by atoms with Crippen molar-refractivity contribution in [1.82, 2.24) is 5.32 Å². The summed E-state index contributed by atoms with van der Waals surface area (Å²) in [5.41, 5.74) is 0. The van der Waals surface area contributed by atoms with Crippen LogP contribution >= 0.6 is 0 Å². The Balaban J connectivity index is 4.12. The van der Waals surface area contributed by atoms with Crippen LogP contribution in [-0.4, -0.2) is 28.9 Å². The molecular formula is C6H12FN3O4. The molecule has 0 fully saturated rings. The number of rotatable bonds is 7. The van der Waals surface area contributed by atoms with Gasteiger partial charge in [-0.2, -0.15) is 0 Å². The lowest BCUT2D eigenvalue weighted by Gasteiger charge is -2.08. The fourth-order valence-corrected chi connectivity index (χ4v) is 0.745. The minimum Gasteiger partial charge on any atom is -0.301 e. The van der Waals surface area contributed by atoms with Crippen LogP contribution < -0.4 is 5.32 Å². The zero-order valence-electron chi connectivity index (χ0n) is 7.73. The molecule has 0 atom stereocenters. The Bertz CT molecular complexity index is 209. The number of unbranched alkanes of at least 4 members (excludes halogenated alkanes) is 1. The molecule has 0 aliphatic rings. The number of nitro groups is 2. The molecule has 0 radical (unpaired) electrons. The van der Waals surface area contributed by atoms with E-state index in [1.54, 1.807) is 0 Å². The van der Waals surface area contributed by atoms with E-state index < -0.39 is 22.3 Å². The summed E-state index contributed by atoms with van der Waals surface area (Å²) in [5.74, 6) is -3.62. The molecule has 8 heteroatoms. The standard InChI is InChI=1S/C6H12FN3O4/c1-2-3-4-8-5-6(7,9(11)12)10(13)14/h8H,2-5H2,1H3. The molecule has 0 amide bonds. The number of alkyl halides is 1. The normalized spacial score (nSPS) is 11.3. The molecule has 0 aliphatic heterocycles. The van der Waals surface area contributed by atoms with Crippen LogP contribution in [0, 0.1) is 20.2 Å². The number of nitrogens with zero attached hydrogens (tertiary/aromatic N) is 2. The second-order valence-electron chi connectivity index (χ2n) is 2.76. The molecule has 0 aromatic heterocycles. The van der Waals surface area contributed by atoms with Crippen molar-refractivity contribution >= 4 is 0 Å². The van der Waals surface area contributed by atoms with Gasteiger partial charge in [-0.1, -0.05) is 17.7 Å². The summed E-state index contributed by atoms with van der Waals surface area (Å²) < 4.78 is 13.0. The van der Waals surface area contributed by atoms with Crippen LogP contribution in [0.25, 0.3) is 0 Å². The third-order valence-electron chi connectivity index (χ3n) is 1.62. The van der Waals surface area contributed by atoms with Gasteiger partial charge in [-0.3, -0.25) is 20.2 Å². The van der Waals surface area contributed by atoms with Crippen LogP contribution in [0.2, 0.25) is 0 Å². The van der Waals surface area contributed by atoms with Crippen molar-refractivity contribution in [2.24, 2.45) is 0 Å². The first kappa shape index (κ1) is 12.7. The number of nitrogens with one attached hydrogen (secondary N) is 1. The minimum absolute atomic E-state index is 0.323. The van der Waals surface area contributed by atoms with Gasteiger partial charge in [0.2, 0.25) is 0 Å². The maximum absolute atomic E-state index is 13.0. The van der Waals surface area contributed by atoms with Gasteiger partial charge in [0.25, 0.3) is 0 Å². The van der Waals surface area contributed by atoms with Crippen molar-refractivity contribution in [3.05, 3.63) is 20.2 Å². The number of hydrogen-bond acceptors (Lipinski definition) is 5. The van der Waals surface area contributed by atoms with Crippen LogP contribution in [0.15, 0.2) is 0 Å². The average Bonchev–Trinajstić information content (AvgIpc) is 2.11. The Hall–Kier alpha value is -1.31. The predicted octanol–water partition coefficient (Wildman–Crippen LogP) is 0.553. The molecule has 0 rings (SSSR count). The number of hydrogen-bond donors (Lipinski definition) is 1. The highest BCUT2D eigenvalue weighted by Gasteiger charge is 2.57. The maximum atomic E-state index is 13.0. The highest BCUT2D eigenvalue weighted by Crippen LogP contribution is 2.11. The van der Waals surface area contributed by atoms with Crippen molar-refractivity contribution in [2.45, 2.75) is 25.7 Å². The fourth-order valence-electron chi connectivity index (χ4n) is 0.745. The zero-order valence-corrected chi connectivity index (χ0v) is 7.73. The molecule has 0 aliphatic carbocycles. The SMILES string of the molecule is CCCCNCC(F)([N+](=O)[O-])[N+](=O)[O-]. The van der Waals surface area contributed by atoms with Gasteiger partial charge >= 0.3 is 5.92 Å². The molecule has 0 saturated carbocycles. The maximum Gasteiger partial charge on any atom is 0.626 e. The Kier molecular flexibility index (Phi) is 4.92. The first-order valence-electron chi connectivity index (χ1n) is 4.13. The minimum atomic E-state index is -3.62. The fraction of sp³-hybridized carbons (Fsp3) is 1.00. The van der Waals surface area contributed by atoms with Crippen LogP contribution in [0.5, 0.6) is 0 Å². The third-order valence-corrected chi connectivity index (χ3v) is 1.62. The van der Waals surface area contributed by atoms with Crippen molar-refractivity contribution in [2.75, 3.05) is 13.1 Å². The Labute approximate surface area is 79.6 Å². The van der Waals surface area contributed by atoms with Gasteiger partial charge in [-0.05, 0) is 13.0 Å². The molecular weight excluding hydrogens is 197 g/mol. The quantitative estimate of drug-likeness (QED) is 0.217. The molecule has 0 bridgehead atoms. The summed E-state index contributed by atoms with van der Waals surface area (Å²) in [7, 11) is 0. The average molecular weight is 209 g/mol. The summed E-state index contributed by atoms with van der Waals surface area (Å²) >= 11 is 0. The van der Waals surface area contributed by atoms with E-state index >= 15 is 0 Å². The van der Waals surface area contributed by atoms with Gasteiger partial charge < -0.3 is 5.32 Å². The first-order valence-corrected chi connectivity index (χ1v) is 4.13. The third kappa shape index (κ3) is 3.21. The summed E-state index contributed by atoms with van der Waals surface area (Å²) in [5, 5.41) is 22.5. The Morgan fingerprint density at radius 3 is 2.21 bits per heavy atom. The molecule has 82 valence electrons. The molecule has 0 saturated heterocycles. The summed E-state index contributed by atoms with van der Waals surface area (Å²) in [6.07, 6.45) is 1.51. The second kappa shape index (κ2) is 5.43.